The smallest absolute Gasteiger partial charge is 0.251 e. The van der Waals surface area contributed by atoms with Crippen LogP contribution in [0.4, 0.5) is 0 Å². The van der Waals surface area contributed by atoms with E-state index in [4.69, 9.17) is 9.15 Å². The minimum atomic E-state index is -0.632. The number of halogens is 1. The molecule has 1 aromatic heterocycles. The van der Waals surface area contributed by atoms with Gasteiger partial charge in [0, 0.05) is 12.6 Å². The number of hydrogen-bond donors (Lipinski definition) is 1. The summed E-state index contributed by atoms with van der Waals surface area (Å²) in [7, 11) is 1.69. The molecule has 0 aliphatic carbocycles. The first-order valence-electron chi connectivity index (χ1n) is 8.84. The second-order valence-electron chi connectivity index (χ2n) is 6.55. The summed E-state index contributed by atoms with van der Waals surface area (Å²) in [5, 5.41) is 2.85. The number of furan rings is 1. The molecule has 2 rings (SSSR count). The van der Waals surface area contributed by atoms with Crippen LogP contribution in [0.3, 0.4) is 0 Å². The minimum Gasteiger partial charge on any atom is -0.494 e. The maximum Gasteiger partial charge on any atom is 0.251 e. The zero-order valence-electron chi connectivity index (χ0n) is 16.0. The highest BCUT2D eigenvalue weighted by Gasteiger charge is 2.27. The van der Waals surface area contributed by atoms with Gasteiger partial charge < -0.3 is 19.4 Å². The van der Waals surface area contributed by atoms with Gasteiger partial charge in [0.25, 0.3) is 5.91 Å². The summed E-state index contributed by atoms with van der Waals surface area (Å²) < 4.78 is 11.4. The van der Waals surface area contributed by atoms with Gasteiger partial charge in [-0.3, -0.25) is 9.59 Å². The van der Waals surface area contributed by atoms with E-state index in [9.17, 15) is 9.59 Å². The van der Waals surface area contributed by atoms with Gasteiger partial charge in [-0.1, -0.05) is 13.8 Å². The standard InChI is InChI=1S/C20H25BrN2O4/c1-5-26-15-8-6-14(7-9-15)19(24)22-18(13(2)3)20(25)23(4)12-16-10-11-17(21)27-16/h6-11,13,18H,5,12H2,1-4H3,(H,22,24). The molecule has 0 saturated carbocycles. The fraction of sp³-hybridized carbons (Fsp3) is 0.400. The first-order chi connectivity index (χ1) is 12.8. The summed E-state index contributed by atoms with van der Waals surface area (Å²) in [5.41, 5.74) is 0.481. The minimum absolute atomic E-state index is 0.0602. The molecule has 0 saturated heterocycles. The summed E-state index contributed by atoms with van der Waals surface area (Å²) >= 11 is 3.25. The summed E-state index contributed by atoms with van der Waals surface area (Å²) in [6, 6.07) is 9.81. The lowest BCUT2D eigenvalue weighted by Gasteiger charge is -2.26. The average molecular weight is 437 g/mol. The molecule has 2 amide bonds. The van der Waals surface area contributed by atoms with Crippen molar-refractivity contribution in [2.24, 2.45) is 5.92 Å². The fourth-order valence-electron chi connectivity index (χ4n) is 2.59. The van der Waals surface area contributed by atoms with Gasteiger partial charge in [0.15, 0.2) is 4.67 Å². The number of nitrogens with one attached hydrogen (secondary N) is 1. The van der Waals surface area contributed by atoms with E-state index >= 15 is 0 Å². The molecule has 6 nitrogen and oxygen atoms in total. The number of hydrogen-bond acceptors (Lipinski definition) is 4. The maximum absolute atomic E-state index is 12.8. The summed E-state index contributed by atoms with van der Waals surface area (Å²) in [6.07, 6.45) is 0. The third-order valence-electron chi connectivity index (χ3n) is 4.04. The maximum atomic E-state index is 12.8. The molecule has 7 heteroatoms. The monoisotopic (exact) mass is 436 g/mol. The van der Waals surface area contributed by atoms with Crippen LogP contribution in [-0.4, -0.2) is 36.4 Å². The van der Waals surface area contributed by atoms with Crippen LogP contribution in [0.2, 0.25) is 0 Å². The van der Waals surface area contributed by atoms with Crippen molar-refractivity contribution >= 4 is 27.7 Å². The van der Waals surface area contributed by atoms with Crippen molar-refractivity contribution in [3.8, 4) is 5.75 Å². The molecule has 2 aromatic rings. The Morgan fingerprint density at radius 1 is 1.19 bits per heavy atom. The first kappa shape index (κ1) is 21.0. The van der Waals surface area contributed by atoms with Crippen molar-refractivity contribution < 1.29 is 18.7 Å². The molecule has 0 bridgehead atoms. The number of likely N-dealkylation sites (N-methyl/N-ethyl adjacent to an activating group) is 1. The number of amides is 2. The highest BCUT2D eigenvalue weighted by molar-refractivity contribution is 9.10. The SMILES string of the molecule is CCOc1ccc(C(=O)NC(C(=O)N(C)Cc2ccc(Br)o2)C(C)C)cc1. The quantitative estimate of drug-likeness (QED) is 0.681. The number of nitrogens with zero attached hydrogens (tertiary/aromatic N) is 1. The van der Waals surface area contributed by atoms with Crippen LogP contribution < -0.4 is 10.1 Å². The molecule has 27 heavy (non-hydrogen) atoms. The van der Waals surface area contributed by atoms with E-state index in [2.05, 4.69) is 21.2 Å². The molecule has 1 unspecified atom stereocenters. The number of carbonyl (C=O) groups excluding carboxylic acids is 2. The Balaban J connectivity index is 2.04. The lowest BCUT2D eigenvalue weighted by atomic mass is 10.0. The summed E-state index contributed by atoms with van der Waals surface area (Å²) in [4.78, 5) is 27.0. The molecular formula is C20H25BrN2O4. The first-order valence-corrected chi connectivity index (χ1v) is 9.64. The van der Waals surface area contributed by atoms with Crippen LogP contribution in [0, 0.1) is 5.92 Å². The Morgan fingerprint density at radius 3 is 2.37 bits per heavy atom. The van der Waals surface area contributed by atoms with E-state index < -0.39 is 6.04 Å². The van der Waals surface area contributed by atoms with Crippen molar-refractivity contribution in [3.63, 3.8) is 0 Å². The second kappa shape index (κ2) is 9.60. The molecule has 0 fully saturated rings. The zero-order chi connectivity index (χ0) is 20.0. The normalized spacial score (nSPS) is 11.9. The van der Waals surface area contributed by atoms with Gasteiger partial charge in [-0.25, -0.2) is 0 Å². The topological polar surface area (TPSA) is 71.8 Å². The molecular weight excluding hydrogens is 412 g/mol. The van der Waals surface area contributed by atoms with E-state index in [-0.39, 0.29) is 17.7 Å². The molecule has 0 aliphatic rings. The number of benzene rings is 1. The van der Waals surface area contributed by atoms with Crippen LogP contribution in [0.15, 0.2) is 45.5 Å². The lowest BCUT2D eigenvalue weighted by molar-refractivity contribution is -0.133. The molecule has 1 heterocycles. The molecule has 0 radical (unpaired) electrons. The van der Waals surface area contributed by atoms with E-state index in [0.717, 1.165) is 0 Å². The number of ether oxygens (including phenoxy) is 1. The molecule has 1 atom stereocenters. The van der Waals surface area contributed by atoms with Gasteiger partial charge in [0.05, 0.1) is 13.2 Å². The van der Waals surface area contributed by atoms with Crippen molar-refractivity contribution in [1.29, 1.82) is 0 Å². The Morgan fingerprint density at radius 2 is 1.85 bits per heavy atom. The van der Waals surface area contributed by atoms with Crippen LogP contribution in [0.25, 0.3) is 0 Å². The summed E-state index contributed by atoms with van der Waals surface area (Å²) in [6.45, 7) is 6.59. The Labute approximate surface area is 168 Å². The van der Waals surface area contributed by atoms with Crippen LogP contribution in [-0.2, 0) is 11.3 Å². The zero-order valence-corrected chi connectivity index (χ0v) is 17.6. The Kier molecular flexibility index (Phi) is 7.47. The molecule has 1 aromatic carbocycles. The van der Waals surface area contributed by atoms with E-state index in [1.165, 1.54) is 0 Å². The van der Waals surface area contributed by atoms with E-state index in [0.29, 0.717) is 34.9 Å². The van der Waals surface area contributed by atoms with Crippen molar-refractivity contribution in [2.45, 2.75) is 33.4 Å². The molecule has 0 aliphatic heterocycles. The predicted octanol–water partition coefficient (Wildman–Crippen LogP) is 3.85. The van der Waals surface area contributed by atoms with Crippen molar-refractivity contribution in [3.05, 3.63) is 52.4 Å². The van der Waals surface area contributed by atoms with Gasteiger partial charge in [0.2, 0.25) is 5.91 Å². The van der Waals surface area contributed by atoms with Crippen LogP contribution in [0.1, 0.15) is 36.9 Å². The lowest BCUT2D eigenvalue weighted by Crippen LogP contribution is -2.50. The van der Waals surface area contributed by atoms with Gasteiger partial charge in [-0.2, -0.15) is 0 Å². The fourth-order valence-corrected chi connectivity index (χ4v) is 2.93. The summed E-state index contributed by atoms with van der Waals surface area (Å²) in [5.74, 6) is 0.846. The highest BCUT2D eigenvalue weighted by Crippen LogP contribution is 2.17. The third-order valence-corrected chi connectivity index (χ3v) is 4.47. The third kappa shape index (κ3) is 5.85. The molecule has 1 N–H and O–H groups in total. The Bertz CT molecular complexity index is 771. The molecule has 0 spiro atoms. The van der Waals surface area contributed by atoms with Gasteiger partial charge in [-0.15, -0.1) is 0 Å². The van der Waals surface area contributed by atoms with Gasteiger partial charge >= 0.3 is 0 Å². The van der Waals surface area contributed by atoms with E-state index in [1.807, 2.05) is 20.8 Å². The number of carbonyl (C=O) groups is 2. The largest absolute Gasteiger partial charge is 0.494 e. The average Bonchev–Trinajstić information content (AvgIpc) is 3.04. The van der Waals surface area contributed by atoms with E-state index in [1.54, 1.807) is 48.3 Å². The van der Waals surface area contributed by atoms with Crippen molar-refractivity contribution in [2.75, 3.05) is 13.7 Å². The van der Waals surface area contributed by atoms with Gasteiger partial charge in [0.1, 0.15) is 17.6 Å². The van der Waals surface area contributed by atoms with Crippen LogP contribution >= 0.6 is 15.9 Å². The predicted molar refractivity (Wildman–Crippen MR) is 107 cm³/mol. The highest BCUT2D eigenvalue weighted by atomic mass is 79.9. The second-order valence-corrected chi connectivity index (χ2v) is 7.33. The number of rotatable bonds is 8. The van der Waals surface area contributed by atoms with Crippen molar-refractivity contribution in [1.82, 2.24) is 10.2 Å². The Hall–Kier alpha value is -2.28. The van der Waals surface area contributed by atoms with Gasteiger partial charge in [-0.05, 0) is 65.2 Å². The van der Waals surface area contributed by atoms with Crippen LogP contribution in [0.5, 0.6) is 5.75 Å². The molecule has 146 valence electrons.